The standard InChI is InChI=1S/C14H31N3/c1-6-8-15-9-13(7-2)17-10-12(3)14(11-17)16(4)5/h12-15H,6-11H2,1-5H3. The minimum atomic E-state index is 0.717. The van der Waals surface area contributed by atoms with Crippen LogP contribution in [-0.2, 0) is 0 Å². The van der Waals surface area contributed by atoms with Crippen LogP contribution in [0.5, 0.6) is 0 Å². The first kappa shape index (κ1) is 14.9. The highest BCUT2D eigenvalue weighted by Crippen LogP contribution is 2.22. The fourth-order valence-electron chi connectivity index (χ4n) is 2.93. The molecule has 0 aromatic heterocycles. The molecule has 1 heterocycles. The van der Waals surface area contributed by atoms with Crippen LogP contribution in [0.25, 0.3) is 0 Å². The number of nitrogens with one attached hydrogen (secondary N) is 1. The molecule has 0 aliphatic carbocycles. The fourth-order valence-corrected chi connectivity index (χ4v) is 2.93. The van der Waals surface area contributed by atoms with Crippen molar-refractivity contribution in [2.75, 3.05) is 40.3 Å². The number of hydrogen-bond acceptors (Lipinski definition) is 3. The Morgan fingerprint density at radius 3 is 2.47 bits per heavy atom. The van der Waals surface area contributed by atoms with E-state index in [0.29, 0.717) is 6.04 Å². The lowest BCUT2D eigenvalue weighted by Gasteiger charge is -2.28. The molecule has 1 saturated heterocycles. The number of likely N-dealkylation sites (tertiary alicyclic amines) is 1. The molecule has 3 nitrogen and oxygen atoms in total. The van der Waals surface area contributed by atoms with E-state index in [1.807, 2.05) is 0 Å². The van der Waals surface area contributed by atoms with E-state index in [1.54, 1.807) is 0 Å². The number of nitrogens with zero attached hydrogens (tertiary/aromatic N) is 2. The molecule has 1 rings (SSSR count). The molecule has 17 heavy (non-hydrogen) atoms. The van der Waals surface area contributed by atoms with Crippen molar-refractivity contribution in [2.45, 2.75) is 45.7 Å². The van der Waals surface area contributed by atoms with Gasteiger partial charge in [0, 0.05) is 31.7 Å². The molecule has 0 saturated carbocycles. The van der Waals surface area contributed by atoms with Gasteiger partial charge >= 0.3 is 0 Å². The second kappa shape index (κ2) is 7.34. The smallest absolute Gasteiger partial charge is 0.0254 e. The largest absolute Gasteiger partial charge is 0.315 e. The average molecular weight is 241 g/mol. The van der Waals surface area contributed by atoms with E-state index >= 15 is 0 Å². The maximum Gasteiger partial charge on any atom is 0.0254 e. The Morgan fingerprint density at radius 1 is 1.29 bits per heavy atom. The zero-order valence-electron chi connectivity index (χ0n) is 12.4. The normalized spacial score (nSPS) is 27.9. The average Bonchev–Trinajstić information content (AvgIpc) is 2.67. The molecule has 3 atom stereocenters. The van der Waals surface area contributed by atoms with Crippen molar-refractivity contribution in [3.8, 4) is 0 Å². The van der Waals surface area contributed by atoms with Crippen LogP contribution in [0.1, 0.15) is 33.6 Å². The summed E-state index contributed by atoms with van der Waals surface area (Å²) < 4.78 is 0. The maximum atomic E-state index is 3.57. The van der Waals surface area contributed by atoms with Crippen molar-refractivity contribution in [3.05, 3.63) is 0 Å². The molecule has 3 unspecified atom stereocenters. The lowest BCUT2D eigenvalue weighted by atomic mass is 10.1. The van der Waals surface area contributed by atoms with Crippen molar-refractivity contribution in [1.82, 2.24) is 15.1 Å². The molecule has 1 N–H and O–H groups in total. The highest BCUT2D eigenvalue weighted by Gasteiger charge is 2.33. The van der Waals surface area contributed by atoms with Crippen molar-refractivity contribution >= 4 is 0 Å². The molecule has 0 aromatic rings. The lowest BCUT2D eigenvalue weighted by molar-refractivity contribution is 0.206. The third kappa shape index (κ3) is 4.23. The summed E-state index contributed by atoms with van der Waals surface area (Å²) in [7, 11) is 4.42. The summed E-state index contributed by atoms with van der Waals surface area (Å²) in [4.78, 5) is 5.06. The van der Waals surface area contributed by atoms with E-state index in [0.717, 1.165) is 25.0 Å². The SMILES string of the molecule is CCCNCC(CC)N1CC(C)C(N(C)C)C1. The van der Waals surface area contributed by atoms with E-state index in [2.05, 4.69) is 50.0 Å². The second-order valence-corrected chi connectivity index (χ2v) is 5.73. The Hall–Kier alpha value is -0.120. The quantitative estimate of drug-likeness (QED) is 0.684. The Labute approximate surface area is 108 Å². The third-order valence-corrected chi connectivity index (χ3v) is 4.06. The van der Waals surface area contributed by atoms with Crippen LogP contribution in [0.3, 0.4) is 0 Å². The summed E-state index contributed by atoms with van der Waals surface area (Å²) in [6, 6.07) is 1.45. The van der Waals surface area contributed by atoms with E-state index in [-0.39, 0.29) is 0 Å². The third-order valence-electron chi connectivity index (χ3n) is 4.06. The van der Waals surface area contributed by atoms with E-state index in [4.69, 9.17) is 0 Å². The van der Waals surface area contributed by atoms with Crippen LogP contribution in [-0.4, -0.2) is 62.2 Å². The fraction of sp³-hybridized carbons (Fsp3) is 1.00. The zero-order valence-corrected chi connectivity index (χ0v) is 12.4. The van der Waals surface area contributed by atoms with E-state index in [9.17, 15) is 0 Å². The first-order valence-electron chi connectivity index (χ1n) is 7.21. The first-order valence-corrected chi connectivity index (χ1v) is 7.21. The molecule has 0 spiro atoms. The predicted molar refractivity (Wildman–Crippen MR) is 75.5 cm³/mol. The molecule has 0 radical (unpaired) electrons. The van der Waals surface area contributed by atoms with Gasteiger partial charge in [-0.05, 0) is 39.4 Å². The molecule has 3 heteroatoms. The van der Waals surface area contributed by atoms with Gasteiger partial charge in [-0.15, -0.1) is 0 Å². The number of likely N-dealkylation sites (N-methyl/N-ethyl adjacent to an activating group) is 1. The van der Waals surface area contributed by atoms with Crippen LogP contribution < -0.4 is 5.32 Å². The number of rotatable bonds is 7. The first-order chi connectivity index (χ1) is 8.10. The zero-order chi connectivity index (χ0) is 12.8. The van der Waals surface area contributed by atoms with E-state index in [1.165, 1.54) is 25.9 Å². The maximum absolute atomic E-state index is 3.57. The predicted octanol–water partition coefficient (Wildman–Crippen LogP) is 1.65. The summed E-state index contributed by atoms with van der Waals surface area (Å²) in [6.45, 7) is 11.7. The monoisotopic (exact) mass is 241 g/mol. The Bertz CT molecular complexity index is 206. The lowest BCUT2D eigenvalue weighted by Crippen LogP contribution is -2.42. The molecular formula is C14H31N3. The summed E-state index contributed by atoms with van der Waals surface area (Å²) >= 11 is 0. The van der Waals surface area contributed by atoms with Gasteiger partial charge in [-0.3, -0.25) is 4.90 Å². The van der Waals surface area contributed by atoms with Crippen LogP contribution in [0, 0.1) is 5.92 Å². The van der Waals surface area contributed by atoms with Gasteiger partial charge in [0.05, 0.1) is 0 Å². The molecule has 102 valence electrons. The summed E-state index contributed by atoms with van der Waals surface area (Å²) in [6.07, 6.45) is 2.48. The van der Waals surface area contributed by atoms with Crippen LogP contribution in [0.15, 0.2) is 0 Å². The minimum Gasteiger partial charge on any atom is -0.315 e. The molecular weight excluding hydrogens is 210 g/mol. The molecule has 1 aliphatic heterocycles. The van der Waals surface area contributed by atoms with Crippen LogP contribution >= 0.6 is 0 Å². The van der Waals surface area contributed by atoms with Gasteiger partial charge in [0.25, 0.3) is 0 Å². The van der Waals surface area contributed by atoms with Gasteiger partial charge in [-0.1, -0.05) is 20.8 Å². The van der Waals surface area contributed by atoms with Gasteiger partial charge in [-0.2, -0.15) is 0 Å². The van der Waals surface area contributed by atoms with Gasteiger partial charge in [-0.25, -0.2) is 0 Å². The van der Waals surface area contributed by atoms with Crippen molar-refractivity contribution < 1.29 is 0 Å². The van der Waals surface area contributed by atoms with Crippen molar-refractivity contribution in [2.24, 2.45) is 5.92 Å². The van der Waals surface area contributed by atoms with Gasteiger partial charge in [0.2, 0.25) is 0 Å². The summed E-state index contributed by atoms with van der Waals surface area (Å²) in [5.74, 6) is 0.797. The van der Waals surface area contributed by atoms with E-state index < -0.39 is 0 Å². The molecule has 1 aliphatic rings. The summed E-state index contributed by atoms with van der Waals surface area (Å²) in [5.41, 5.74) is 0. The highest BCUT2D eigenvalue weighted by molar-refractivity contribution is 4.90. The Balaban J connectivity index is 2.43. The van der Waals surface area contributed by atoms with Crippen LogP contribution in [0.4, 0.5) is 0 Å². The van der Waals surface area contributed by atoms with Gasteiger partial charge in [0.1, 0.15) is 0 Å². The topological polar surface area (TPSA) is 18.5 Å². The van der Waals surface area contributed by atoms with Crippen molar-refractivity contribution in [1.29, 1.82) is 0 Å². The number of hydrogen-bond donors (Lipinski definition) is 1. The Kier molecular flexibility index (Phi) is 6.45. The van der Waals surface area contributed by atoms with Crippen molar-refractivity contribution in [3.63, 3.8) is 0 Å². The van der Waals surface area contributed by atoms with Gasteiger partial charge in [0.15, 0.2) is 0 Å². The highest BCUT2D eigenvalue weighted by atomic mass is 15.3. The molecule has 0 amide bonds. The molecule has 0 aromatic carbocycles. The van der Waals surface area contributed by atoms with Gasteiger partial charge < -0.3 is 10.2 Å². The summed E-state index contributed by atoms with van der Waals surface area (Å²) in [5, 5.41) is 3.57. The minimum absolute atomic E-state index is 0.717. The Morgan fingerprint density at radius 2 is 2.00 bits per heavy atom. The van der Waals surface area contributed by atoms with Crippen LogP contribution in [0.2, 0.25) is 0 Å². The second-order valence-electron chi connectivity index (χ2n) is 5.73. The molecule has 0 bridgehead atoms. The molecule has 1 fully saturated rings.